The molecule has 5 aromatic rings. The van der Waals surface area contributed by atoms with Gasteiger partial charge in [0.15, 0.2) is 0 Å². The van der Waals surface area contributed by atoms with Gasteiger partial charge in [0.2, 0.25) is 0 Å². The van der Waals surface area contributed by atoms with Crippen LogP contribution in [-0.2, 0) is 10.8 Å². The molecule has 420 valence electrons. The van der Waals surface area contributed by atoms with E-state index in [1.54, 1.807) is 0 Å². The Hall–Kier alpha value is -6.24. The van der Waals surface area contributed by atoms with E-state index in [1.165, 1.54) is 153 Å². The van der Waals surface area contributed by atoms with E-state index in [0.717, 1.165) is 0 Å². The molecule has 0 saturated carbocycles. The fraction of sp³-hybridized carbons (Fsp3) is 0.415. The Balaban J connectivity index is 1.35. The lowest BCUT2D eigenvalue weighted by atomic mass is 9.45. The molecule has 0 fully saturated rings. The Bertz CT molecular complexity index is 4000. The van der Waals surface area contributed by atoms with Crippen molar-refractivity contribution in [1.29, 1.82) is 0 Å². The van der Waals surface area contributed by atoms with Gasteiger partial charge in [-0.2, -0.15) is 0 Å². The molecule has 4 unspecified atom stereocenters. The molecule has 0 N–H and O–H groups in total. The van der Waals surface area contributed by atoms with Crippen LogP contribution < -0.4 is 20.9 Å². The van der Waals surface area contributed by atoms with Gasteiger partial charge in [-0.25, -0.2) is 0 Å². The van der Waals surface area contributed by atoms with E-state index in [1.807, 2.05) is 0 Å². The van der Waals surface area contributed by atoms with Crippen LogP contribution in [0.2, 0.25) is 0 Å². The molecular formula is C82H92. The second kappa shape index (κ2) is 16.3. The molecule has 0 heterocycles. The zero-order valence-electron chi connectivity index (χ0n) is 54.5. The molecule has 0 aromatic heterocycles. The summed E-state index contributed by atoms with van der Waals surface area (Å²) in [5.41, 5.74) is 20.8. The van der Waals surface area contributed by atoms with Crippen molar-refractivity contribution in [1.82, 2.24) is 0 Å². The maximum atomic E-state index is 2.70. The Kier molecular flexibility index (Phi) is 11.0. The fourth-order valence-electron chi connectivity index (χ4n) is 16.2. The zero-order valence-corrected chi connectivity index (χ0v) is 54.5. The van der Waals surface area contributed by atoms with Gasteiger partial charge in [0.1, 0.15) is 0 Å². The van der Waals surface area contributed by atoms with Gasteiger partial charge in [-0.3, -0.25) is 0 Å². The molecule has 0 spiro atoms. The molecule has 4 atom stereocenters. The molecule has 13 rings (SSSR count). The number of benzene rings is 4. The van der Waals surface area contributed by atoms with Crippen LogP contribution in [0, 0.1) is 57.2 Å². The van der Waals surface area contributed by atoms with Crippen molar-refractivity contribution in [3.63, 3.8) is 0 Å². The lowest BCUT2D eigenvalue weighted by Crippen LogP contribution is -2.54. The van der Waals surface area contributed by atoms with E-state index in [4.69, 9.17) is 0 Å². The van der Waals surface area contributed by atoms with Gasteiger partial charge in [-0.15, -0.1) is 0 Å². The highest BCUT2D eigenvalue weighted by molar-refractivity contribution is 6.17. The van der Waals surface area contributed by atoms with Crippen molar-refractivity contribution in [2.24, 2.45) is 43.3 Å². The lowest BCUT2D eigenvalue weighted by molar-refractivity contribution is 0.298. The number of allylic oxidation sites excluding steroid dienone is 20. The summed E-state index contributed by atoms with van der Waals surface area (Å²) in [6.45, 7) is 58.4. The van der Waals surface area contributed by atoms with Gasteiger partial charge in [0.05, 0.1) is 0 Å². The van der Waals surface area contributed by atoms with Crippen LogP contribution in [0.4, 0.5) is 0 Å². The quantitative estimate of drug-likeness (QED) is 0.145. The number of rotatable bonds is 0. The topological polar surface area (TPSA) is 0 Å². The zero-order chi connectivity index (χ0) is 59.3. The first-order valence-corrected chi connectivity index (χ1v) is 31.1. The summed E-state index contributed by atoms with van der Waals surface area (Å²) < 4.78 is 0. The molecule has 82 heavy (non-hydrogen) atoms. The Morgan fingerprint density at radius 2 is 0.439 bits per heavy atom. The molecule has 4 bridgehead atoms. The minimum absolute atomic E-state index is 0.0384. The molecule has 8 aliphatic carbocycles. The van der Waals surface area contributed by atoms with Gasteiger partial charge in [0.25, 0.3) is 0 Å². The number of hydrogen-bond donors (Lipinski definition) is 0. The summed E-state index contributed by atoms with van der Waals surface area (Å²) >= 11 is 0. The molecule has 0 saturated heterocycles. The third-order valence-corrected chi connectivity index (χ3v) is 22.4. The molecule has 8 aliphatic rings. The summed E-state index contributed by atoms with van der Waals surface area (Å²) in [4.78, 5) is 0. The molecule has 0 nitrogen and oxygen atoms in total. The summed E-state index contributed by atoms with van der Waals surface area (Å²) in [5.74, 6) is 0. The predicted molar refractivity (Wildman–Crippen MR) is 357 cm³/mol. The van der Waals surface area contributed by atoms with Crippen molar-refractivity contribution < 1.29 is 0 Å². The minimum atomic E-state index is -0.292. The summed E-state index contributed by atoms with van der Waals surface area (Å²) in [5, 5.41) is 16.1. The van der Waals surface area contributed by atoms with Crippen molar-refractivity contribution in [3.05, 3.63) is 209 Å². The highest BCUT2D eigenvalue weighted by atomic mass is 14.6. The number of aryl methyl sites for hydroxylation is 2. The average Bonchev–Trinajstić information content (AvgIpc) is 1.39. The van der Waals surface area contributed by atoms with Gasteiger partial charge in [-0.1, -0.05) is 249 Å². The average molecular weight is 1080 g/mol. The van der Waals surface area contributed by atoms with Crippen molar-refractivity contribution in [2.75, 3.05) is 0 Å². The van der Waals surface area contributed by atoms with Gasteiger partial charge in [0, 0.05) is 21.7 Å². The second-order valence-corrected chi connectivity index (χ2v) is 33.4. The Morgan fingerprint density at radius 1 is 0.244 bits per heavy atom. The van der Waals surface area contributed by atoms with Crippen molar-refractivity contribution in [3.8, 4) is 0 Å². The third kappa shape index (κ3) is 7.15. The summed E-state index contributed by atoms with van der Waals surface area (Å²) in [6, 6.07) is 21.2. The monoisotopic (exact) mass is 1080 g/mol. The summed E-state index contributed by atoms with van der Waals surface area (Å²) in [6.07, 6.45) is 30.6. The van der Waals surface area contributed by atoms with Crippen LogP contribution in [0.5, 0.6) is 0 Å². The van der Waals surface area contributed by atoms with Crippen molar-refractivity contribution in [2.45, 2.75) is 177 Å². The Morgan fingerprint density at radius 3 is 0.610 bits per heavy atom. The first-order valence-electron chi connectivity index (χ1n) is 31.1. The standard InChI is InChI=1S/C82H92/c1-45-57-33-55(77(15,16)17)34-58(45)62-42-66-68(72-40-54(76(12,13)14)32-50-28-26-48-30-52(74(6,7)8)38-70(66)80(48,22)82(50,72)24)44-64(62)60-36-56(78(18,19)20)35-59(46(60)2)63-43-67-65(41-61(57)63)69-37-51(73(3,4)5)29-47-25-27-49-31-53(75(9,10)11)39-71(67)81(49,23)79(47,69)21/h25-44H,1-24H3. The van der Waals surface area contributed by atoms with E-state index < -0.39 is 0 Å². The van der Waals surface area contributed by atoms with Crippen LogP contribution in [0.1, 0.15) is 175 Å². The predicted octanol–water partition coefficient (Wildman–Crippen LogP) is 19.5. The molecule has 0 radical (unpaired) electrons. The van der Waals surface area contributed by atoms with Crippen LogP contribution in [0.25, 0.3) is 65.4 Å². The van der Waals surface area contributed by atoms with E-state index >= 15 is 0 Å². The highest BCUT2D eigenvalue weighted by Crippen LogP contribution is 2.68. The van der Waals surface area contributed by atoms with Gasteiger partial charge in [-0.05, 0) is 224 Å². The largest absolute Gasteiger partial charge is 0.0578 e. The van der Waals surface area contributed by atoms with Crippen LogP contribution >= 0.6 is 0 Å². The molecule has 5 aromatic carbocycles. The maximum Gasteiger partial charge on any atom is 0.0315 e. The SMILES string of the molecule is Cc1c2cc(C(C)(C)C)cc1c1cc3c(cc1c1cc(C(C)(C)C)cc(c1C)c1cc4c(cc21)=C1C=C(C(C)(C)C)C=C2C=CC5=CC(C(C)(C)C)=CC=4C5(C)C21C)=C1C=C(C(C)(C)C)C=C2C=CC4=CC(C(C)(C)C)=CC=3C4(C)C21C. The lowest BCUT2D eigenvalue weighted by Gasteiger charge is -2.57. The number of hydrogen-bond acceptors (Lipinski definition) is 0. The highest BCUT2D eigenvalue weighted by Gasteiger charge is 2.59. The molecule has 0 amide bonds. The Labute approximate surface area is 492 Å². The maximum absolute atomic E-state index is 2.70. The molecule has 0 heteroatoms. The van der Waals surface area contributed by atoms with E-state index in [0.29, 0.717) is 0 Å². The number of fused-ring (bicyclic) bond motifs is 12. The normalized spacial score (nSPS) is 25.7. The van der Waals surface area contributed by atoms with E-state index in [-0.39, 0.29) is 54.1 Å². The minimum Gasteiger partial charge on any atom is -0.0578 e. The van der Waals surface area contributed by atoms with Crippen LogP contribution in [0.3, 0.4) is 0 Å². The molecular weight excluding hydrogens is 985 g/mol. The summed E-state index contributed by atoms with van der Waals surface area (Å²) in [7, 11) is 0. The van der Waals surface area contributed by atoms with Gasteiger partial charge < -0.3 is 0 Å². The van der Waals surface area contributed by atoms with Crippen LogP contribution in [0.15, 0.2) is 166 Å². The van der Waals surface area contributed by atoms with Gasteiger partial charge >= 0.3 is 0 Å². The first-order chi connectivity index (χ1) is 37.7. The smallest absolute Gasteiger partial charge is 0.0315 e. The molecule has 0 aliphatic heterocycles. The van der Waals surface area contributed by atoms with E-state index in [2.05, 4.69) is 288 Å². The first kappa shape index (κ1) is 55.0. The van der Waals surface area contributed by atoms with E-state index in [9.17, 15) is 0 Å². The fourth-order valence-corrected chi connectivity index (χ4v) is 16.2. The van der Waals surface area contributed by atoms with Crippen LogP contribution in [-0.4, -0.2) is 0 Å². The van der Waals surface area contributed by atoms with Crippen molar-refractivity contribution >= 4 is 65.4 Å². The second-order valence-electron chi connectivity index (χ2n) is 33.4. The third-order valence-electron chi connectivity index (χ3n) is 22.4.